The van der Waals surface area contributed by atoms with Crippen molar-refractivity contribution in [1.29, 1.82) is 0 Å². The van der Waals surface area contributed by atoms with Crippen LogP contribution in [0.25, 0.3) is 70.9 Å². The molecule has 0 N–H and O–H groups in total. The minimum absolute atomic E-state index is 1.10. The van der Waals surface area contributed by atoms with Crippen molar-refractivity contribution in [1.82, 2.24) is 4.57 Å². The van der Waals surface area contributed by atoms with E-state index >= 15 is 0 Å². The van der Waals surface area contributed by atoms with Crippen LogP contribution in [0.15, 0.2) is 194 Å². The van der Waals surface area contributed by atoms with Crippen molar-refractivity contribution in [2.75, 3.05) is 4.90 Å². The number of fused-ring (bicyclic) bond motifs is 8. The van der Waals surface area contributed by atoms with E-state index in [0.29, 0.717) is 0 Å². The third-order valence-electron chi connectivity index (χ3n) is 10.1. The Bertz CT molecular complexity index is 2850. The van der Waals surface area contributed by atoms with Crippen molar-refractivity contribution >= 4 is 71.2 Å². The average Bonchev–Trinajstić information content (AvgIpc) is 3.54. The van der Waals surface area contributed by atoms with E-state index in [1.807, 2.05) is 0 Å². The molecule has 0 saturated heterocycles. The molecule has 0 aliphatic rings. The first-order valence-corrected chi connectivity index (χ1v) is 17.2. The summed E-state index contributed by atoms with van der Waals surface area (Å²) in [5.41, 5.74) is 9.31. The zero-order chi connectivity index (χ0) is 33.0. The molecule has 0 spiro atoms. The van der Waals surface area contributed by atoms with Crippen molar-refractivity contribution in [2.24, 2.45) is 0 Å². The molecular formula is C48H32N2. The van der Waals surface area contributed by atoms with Gasteiger partial charge < -0.3 is 9.47 Å². The molecule has 0 aliphatic carbocycles. The van der Waals surface area contributed by atoms with Crippen LogP contribution in [0.5, 0.6) is 0 Å². The predicted molar refractivity (Wildman–Crippen MR) is 213 cm³/mol. The van der Waals surface area contributed by atoms with Crippen molar-refractivity contribution < 1.29 is 0 Å². The second-order valence-electron chi connectivity index (χ2n) is 12.9. The van der Waals surface area contributed by atoms with Gasteiger partial charge in [-0.3, -0.25) is 0 Å². The van der Waals surface area contributed by atoms with Crippen molar-refractivity contribution in [2.45, 2.75) is 0 Å². The lowest BCUT2D eigenvalue weighted by Gasteiger charge is -2.27. The van der Waals surface area contributed by atoms with E-state index < -0.39 is 0 Å². The van der Waals surface area contributed by atoms with Gasteiger partial charge in [0.2, 0.25) is 0 Å². The summed E-state index contributed by atoms with van der Waals surface area (Å²) in [5, 5.41) is 10.1. The topological polar surface area (TPSA) is 8.17 Å². The van der Waals surface area contributed by atoms with E-state index in [9.17, 15) is 0 Å². The first-order chi connectivity index (χ1) is 24.8. The molecule has 0 saturated carbocycles. The highest BCUT2D eigenvalue weighted by atomic mass is 15.2. The Labute approximate surface area is 290 Å². The van der Waals surface area contributed by atoms with Crippen LogP contribution in [0.4, 0.5) is 17.1 Å². The van der Waals surface area contributed by atoms with E-state index in [2.05, 4.69) is 204 Å². The number of para-hydroxylation sites is 4. The van der Waals surface area contributed by atoms with Gasteiger partial charge >= 0.3 is 0 Å². The standard InChI is InChI=1S/C48H32N2/c1-3-16-36(17-4-1)49(46-25-13-23-43-41-22-11-12-24-45(41)50(48(43)46)37-18-5-2-6-19-37)38-29-26-34(27-30-38)44-32-35-15-8-9-20-39(35)42-31-28-33-14-7-10-21-40(33)47(42)44/h1-32H. The number of rotatable bonds is 5. The van der Waals surface area contributed by atoms with Crippen LogP contribution < -0.4 is 4.90 Å². The third kappa shape index (κ3) is 4.43. The molecule has 234 valence electrons. The fraction of sp³-hybridized carbons (Fsp3) is 0. The van der Waals surface area contributed by atoms with E-state index in [1.54, 1.807) is 0 Å². The van der Waals surface area contributed by atoms with Gasteiger partial charge in [0.05, 0.1) is 16.7 Å². The maximum absolute atomic E-state index is 2.41. The molecule has 1 heterocycles. The Morgan fingerprint density at radius 3 is 1.80 bits per heavy atom. The molecule has 0 amide bonds. The molecule has 0 atom stereocenters. The van der Waals surface area contributed by atoms with Crippen molar-refractivity contribution in [3.63, 3.8) is 0 Å². The molecule has 10 aromatic rings. The van der Waals surface area contributed by atoms with Crippen LogP contribution in [0.3, 0.4) is 0 Å². The molecular weight excluding hydrogens is 605 g/mol. The maximum atomic E-state index is 2.41. The molecule has 0 fully saturated rings. The first kappa shape index (κ1) is 28.4. The maximum Gasteiger partial charge on any atom is 0.0782 e. The highest BCUT2D eigenvalue weighted by Gasteiger charge is 2.21. The molecule has 1 aromatic heterocycles. The van der Waals surface area contributed by atoms with Gasteiger partial charge in [0.1, 0.15) is 0 Å². The van der Waals surface area contributed by atoms with Crippen LogP contribution in [0.2, 0.25) is 0 Å². The zero-order valence-corrected chi connectivity index (χ0v) is 27.4. The highest BCUT2D eigenvalue weighted by Crippen LogP contribution is 2.44. The van der Waals surface area contributed by atoms with Gasteiger partial charge in [-0.1, -0.05) is 140 Å². The number of hydrogen-bond donors (Lipinski definition) is 0. The van der Waals surface area contributed by atoms with Gasteiger partial charge in [-0.15, -0.1) is 0 Å². The highest BCUT2D eigenvalue weighted by molar-refractivity contribution is 6.23. The minimum atomic E-state index is 1.10. The largest absolute Gasteiger partial charge is 0.308 e. The average molecular weight is 637 g/mol. The summed E-state index contributed by atoms with van der Waals surface area (Å²) in [5.74, 6) is 0. The van der Waals surface area contributed by atoms with E-state index in [0.717, 1.165) is 22.7 Å². The molecule has 0 aliphatic heterocycles. The number of aromatic nitrogens is 1. The number of anilines is 3. The smallest absolute Gasteiger partial charge is 0.0782 e. The zero-order valence-electron chi connectivity index (χ0n) is 27.4. The second kappa shape index (κ2) is 11.5. The predicted octanol–water partition coefficient (Wildman–Crippen LogP) is 13.4. The van der Waals surface area contributed by atoms with E-state index in [4.69, 9.17) is 0 Å². The Hall–Kier alpha value is -6.64. The van der Waals surface area contributed by atoms with Gasteiger partial charge in [-0.05, 0) is 98.0 Å². The summed E-state index contributed by atoms with van der Waals surface area (Å²) in [4.78, 5) is 2.40. The van der Waals surface area contributed by atoms with Gasteiger partial charge in [0, 0.05) is 27.8 Å². The lowest BCUT2D eigenvalue weighted by molar-refractivity contribution is 1.17. The summed E-state index contributed by atoms with van der Waals surface area (Å²) < 4.78 is 2.41. The fourth-order valence-corrected chi connectivity index (χ4v) is 7.93. The summed E-state index contributed by atoms with van der Waals surface area (Å²) in [7, 11) is 0. The summed E-state index contributed by atoms with van der Waals surface area (Å²) >= 11 is 0. The van der Waals surface area contributed by atoms with Gasteiger partial charge in [-0.2, -0.15) is 0 Å². The van der Waals surface area contributed by atoms with Gasteiger partial charge in [0.15, 0.2) is 0 Å². The van der Waals surface area contributed by atoms with E-state index in [-0.39, 0.29) is 0 Å². The Morgan fingerprint density at radius 2 is 1.00 bits per heavy atom. The van der Waals surface area contributed by atoms with Crippen LogP contribution in [0.1, 0.15) is 0 Å². The molecule has 0 bridgehead atoms. The molecule has 2 nitrogen and oxygen atoms in total. The Kier molecular flexibility index (Phi) is 6.53. The number of hydrogen-bond acceptors (Lipinski definition) is 1. The Balaban J connectivity index is 1.21. The van der Waals surface area contributed by atoms with Crippen LogP contribution >= 0.6 is 0 Å². The third-order valence-corrected chi connectivity index (χ3v) is 10.1. The van der Waals surface area contributed by atoms with Crippen LogP contribution in [-0.4, -0.2) is 4.57 Å². The van der Waals surface area contributed by atoms with E-state index in [1.165, 1.54) is 65.3 Å². The second-order valence-corrected chi connectivity index (χ2v) is 12.9. The summed E-state index contributed by atoms with van der Waals surface area (Å²) in [6.07, 6.45) is 0. The van der Waals surface area contributed by atoms with Gasteiger partial charge in [0.25, 0.3) is 0 Å². The van der Waals surface area contributed by atoms with Crippen LogP contribution in [-0.2, 0) is 0 Å². The molecule has 9 aromatic carbocycles. The molecule has 0 unspecified atom stereocenters. The summed E-state index contributed by atoms with van der Waals surface area (Å²) in [6, 6.07) is 70.4. The first-order valence-electron chi connectivity index (χ1n) is 17.2. The van der Waals surface area contributed by atoms with Gasteiger partial charge in [-0.25, -0.2) is 0 Å². The lowest BCUT2D eigenvalue weighted by Crippen LogP contribution is -2.11. The normalized spacial score (nSPS) is 11.6. The molecule has 0 radical (unpaired) electrons. The van der Waals surface area contributed by atoms with Crippen molar-refractivity contribution in [3.8, 4) is 16.8 Å². The van der Waals surface area contributed by atoms with Crippen molar-refractivity contribution in [3.05, 3.63) is 194 Å². The molecule has 2 heteroatoms. The minimum Gasteiger partial charge on any atom is -0.308 e. The SMILES string of the molecule is c1ccc(N(c2ccc(-c3cc4ccccc4c4ccc5ccccc5c34)cc2)c2cccc3c4ccccc4n(-c4ccccc4)c23)cc1. The Morgan fingerprint density at radius 1 is 0.380 bits per heavy atom. The number of benzene rings is 9. The quantitative estimate of drug-likeness (QED) is 0.171. The lowest BCUT2D eigenvalue weighted by atomic mass is 9.90. The van der Waals surface area contributed by atoms with Crippen LogP contribution in [0, 0.1) is 0 Å². The molecule has 50 heavy (non-hydrogen) atoms. The number of nitrogens with zero attached hydrogens (tertiary/aromatic N) is 2. The monoisotopic (exact) mass is 636 g/mol. The summed E-state index contributed by atoms with van der Waals surface area (Å²) in [6.45, 7) is 0. The molecule has 10 rings (SSSR count). The fourth-order valence-electron chi connectivity index (χ4n) is 7.93.